The van der Waals surface area contributed by atoms with E-state index in [1.54, 1.807) is 31.3 Å². The Labute approximate surface area is 115 Å². The predicted octanol–water partition coefficient (Wildman–Crippen LogP) is 1.62. The van der Waals surface area contributed by atoms with Gasteiger partial charge in [0, 0.05) is 23.9 Å². The number of para-hydroxylation sites is 1. The fourth-order valence-corrected chi connectivity index (χ4v) is 1.87. The summed E-state index contributed by atoms with van der Waals surface area (Å²) < 4.78 is 0. The van der Waals surface area contributed by atoms with Gasteiger partial charge >= 0.3 is 5.97 Å². The Hall–Kier alpha value is -2.63. The third-order valence-electron chi connectivity index (χ3n) is 2.89. The second kappa shape index (κ2) is 6.01. The molecule has 0 saturated heterocycles. The number of imidazole rings is 1. The quantitative estimate of drug-likeness (QED) is 0.721. The molecule has 0 aliphatic rings. The Morgan fingerprint density at radius 3 is 2.80 bits per heavy atom. The predicted molar refractivity (Wildman–Crippen MR) is 74.0 cm³/mol. The van der Waals surface area contributed by atoms with Gasteiger partial charge in [-0.2, -0.15) is 0 Å². The Morgan fingerprint density at radius 1 is 1.45 bits per heavy atom. The van der Waals surface area contributed by atoms with Crippen LogP contribution in [0.1, 0.15) is 18.2 Å². The van der Waals surface area contributed by atoms with Crippen LogP contribution in [0.25, 0.3) is 0 Å². The van der Waals surface area contributed by atoms with Crippen molar-refractivity contribution in [3.63, 3.8) is 0 Å². The number of phenols is 1. The highest BCUT2D eigenvalue weighted by molar-refractivity contribution is 6.02. The summed E-state index contributed by atoms with van der Waals surface area (Å²) in [5.74, 6) is -0.944. The lowest BCUT2D eigenvalue weighted by atomic mass is 10.1. The average Bonchev–Trinajstić information content (AvgIpc) is 2.91. The minimum atomic E-state index is -1.03. The molecular formula is C14H15N3O3. The van der Waals surface area contributed by atoms with Gasteiger partial charge in [-0.05, 0) is 19.1 Å². The molecule has 2 aromatic rings. The van der Waals surface area contributed by atoms with Crippen molar-refractivity contribution in [3.8, 4) is 5.75 Å². The number of nitrogens with zero attached hydrogens (tertiary/aromatic N) is 2. The van der Waals surface area contributed by atoms with E-state index in [-0.39, 0.29) is 12.2 Å². The Morgan fingerprint density at radius 2 is 2.20 bits per heavy atom. The number of carboxylic acids is 1. The fraction of sp³-hybridized carbons (Fsp3) is 0.214. The summed E-state index contributed by atoms with van der Waals surface area (Å²) in [5.41, 5.74) is 1.64. The zero-order chi connectivity index (χ0) is 14.5. The maximum absolute atomic E-state index is 11.3. The highest BCUT2D eigenvalue weighted by Gasteiger charge is 2.19. The highest BCUT2D eigenvalue weighted by atomic mass is 16.4. The van der Waals surface area contributed by atoms with Gasteiger partial charge in [-0.3, -0.25) is 4.99 Å². The molecule has 1 heterocycles. The normalized spacial score (nSPS) is 13.2. The van der Waals surface area contributed by atoms with Crippen molar-refractivity contribution in [1.29, 1.82) is 0 Å². The van der Waals surface area contributed by atoms with Crippen LogP contribution in [-0.2, 0) is 11.2 Å². The molecule has 3 N–H and O–H groups in total. The summed E-state index contributed by atoms with van der Waals surface area (Å²) in [6, 6.07) is 5.76. The number of rotatable bonds is 5. The molecule has 104 valence electrons. The largest absolute Gasteiger partial charge is 0.507 e. The first kappa shape index (κ1) is 13.8. The van der Waals surface area contributed by atoms with Gasteiger partial charge in [0.15, 0.2) is 6.04 Å². The first-order valence-electron chi connectivity index (χ1n) is 6.11. The van der Waals surface area contributed by atoms with Gasteiger partial charge in [0.2, 0.25) is 0 Å². The van der Waals surface area contributed by atoms with E-state index < -0.39 is 12.0 Å². The van der Waals surface area contributed by atoms with Crippen LogP contribution in [0, 0.1) is 0 Å². The number of hydrogen-bond acceptors (Lipinski definition) is 4. The fourth-order valence-electron chi connectivity index (χ4n) is 1.87. The van der Waals surface area contributed by atoms with Crippen LogP contribution in [0.4, 0.5) is 0 Å². The molecule has 1 atom stereocenters. The van der Waals surface area contributed by atoms with Crippen LogP contribution >= 0.6 is 0 Å². The third-order valence-corrected chi connectivity index (χ3v) is 2.89. The zero-order valence-corrected chi connectivity index (χ0v) is 10.9. The topological polar surface area (TPSA) is 98.6 Å². The lowest BCUT2D eigenvalue weighted by Gasteiger charge is -2.09. The molecule has 1 unspecified atom stereocenters. The van der Waals surface area contributed by atoms with Crippen LogP contribution in [0.5, 0.6) is 5.75 Å². The van der Waals surface area contributed by atoms with Crippen molar-refractivity contribution < 1.29 is 15.0 Å². The number of aliphatic imine (C=N–C) groups is 1. The van der Waals surface area contributed by atoms with Gasteiger partial charge in [-0.15, -0.1) is 0 Å². The van der Waals surface area contributed by atoms with Gasteiger partial charge in [0.25, 0.3) is 0 Å². The monoisotopic (exact) mass is 273 g/mol. The van der Waals surface area contributed by atoms with Crippen molar-refractivity contribution in [3.05, 3.63) is 48.0 Å². The summed E-state index contributed by atoms with van der Waals surface area (Å²) >= 11 is 0. The van der Waals surface area contributed by atoms with E-state index in [1.165, 1.54) is 12.4 Å². The van der Waals surface area contributed by atoms with Crippen LogP contribution in [-0.4, -0.2) is 37.9 Å². The first-order valence-corrected chi connectivity index (χ1v) is 6.11. The number of nitrogens with one attached hydrogen (secondary N) is 1. The van der Waals surface area contributed by atoms with Crippen molar-refractivity contribution in [1.82, 2.24) is 9.97 Å². The molecule has 2 rings (SSSR count). The molecule has 1 aromatic carbocycles. The number of carbonyl (C=O) groups is 1. The number of H-pyrrole nitrogens is 1. The standard InChI is InChI=1S/C14H15N3O3/c1-9(11-4-2-3-5-13(11)18)17-12(14(19)20)6-10-7-15-8-16-10/h2-5,7-8,12,18H,6H2,1H3,(H,15,16)(H,19,20). The van der Waals surface area contributed by atoms with E-state index in [9.17, 15) is 15.0 Å². The number of aromatic hydroxyl groups is 1. The van der Waals surface area contributed by atoms with Gasteiger partial charge in [0.05, 0.1) is 12.0 Å². The Balaban J connectivity index is 2.24. The lowest BCUT2D eigenvalue weighted by Crippen LogP contribution is -2.22. The van der Waals surface area contributed by atoms with Crippen molar-refractivity contribution in [2.24, 2.45) is 4.99 Å². The maximum atomic E-state index is 11.3. The number of aromatic nitrogens is 2. The number of aromatic amines is 1. The third kappa shape index (κ3) is 3.23. The molecule has 0 bridgehead atoms. The number of carboxylic acid groups (broad SMARTS) is 1. The van der Waals surface area contributed by atoms with Crippen LogP contribution in [0.2, 0.25) is 0 Å². The molecule has 20 heavy (non-hydrogen) atoms. The molecule has 1 aromatic heterocycles. The van der Waals surface area contributed by atoms with E-state index in [0.29, 0.717) is 17.0 Å². The molecule has 6 heteroatoms. The summed E-state index contributed by atoms with van der Waals surface area (Å²) in [7, 11) is 0. The molecule has 0 spiro atoms. The molecule has 6 nitrogen and oxygen atoms in total. The molecule has 0 saturated carbocycles. The average molecular weight is 273 g/mol. The zero-order valence-electron chi connectivity index (χ0n) is 10.9. The van der Waals surface area contributed by atoms with E-state index in [0.717, 1.165) is 0 Å². The van der Waals surface area contributed by atoms with E-state index in [1.807, 2.05) is 0 Å². The van der Waals surface area contributed by atoms with Crippen molar-refractivity contribution in [2.75, 3.05) is 0 Å². The second-order valence-electron chi connectivity index (χ2n) is 4.35. The molecule has 0 amide bonds. The van der Waals surface area contributed by atoms with Gasteiger partial charge in [-0.1, -0.05) is 12.1 Å². The Kier molecular flexibility index (Phi) is 4.14. The second-order valence-corrected chi connectivity index (χ2v) is 4.35. The smallest absolute Gasteiger partial charge is 0.328 e. The van der Waals surface area contributed by atoms with E-state index >= 15 is 0 Å². The van der Waals surface area contributed by atoms with Crippen LogP contribution < -0.4 is 0 Å². The molecule has 0 radical (unpaired) electrons. The molecule has 0 fully saturated rings. The summed E-state index contributed by atoms with van der Waals surface area (Å²) in [5, 5.41) is 19.0. The van der Waals surface area contributed by atoms with E-state index in [2.05, 4.69) is 15.0 Å². The minimum absolute atomic E-state index is 0.0812. The van der Waals surface area contributed by atoms with E-state index in [4.69, 9.17) is 0 Å². The number of benzene rings is 1. The van der Waals surface area contributed by atoms with Crippen LogP contribution in [0.15, 0.2) is 41.8 Å². The summed E-state index contributed by atoms with van der Waals surface area (Å²) in [6.45, 7) is 1.68. The maximum Gasteiger partial charge on any atom is 0.328 e. The number of phenolic OH excluding ortho intramolecular Hbond substituents is 1. The summed E-state index contributed by atoms with van der Waals surface area (Å²) in [6.07, 6.45) is 3.33. The lowest BCUT2D eigenvalue weighted by molar-refractivity contribution is -0.138. The van der Waals surface area contributed by atoms with Crippen molar-refractivity contribution >= 4 is 11.7 Å². The SMILES string of the molecule is CC(=NC(Cc1c[nH]cn1)C(=O)O)c1ccccc1O. The highest BCUT2D eigenvalue weighted by Crippen LogP contribution is 2.17. The van der Waals surface area contributed by atoms with Gasteiger partial charge < -0.3 is 15.2 Å². The molecule has 0 aliphatic heterocycles. The first-order chi connectivity index (χ1) is 9.58. The number of aliphatic carboxylic acids is 1. The van der Waals surface area contributed by atoms with Crippen molar-refractivity contribution in [2.45, 2.75) is 19.4 Å². The molecule has 0 aliphatic carbocycles. The van der Waals surface area contributed by atoms with Gasteiger partial charge in [-0.25, -0.2) is 9.78 Å². The molecular weight excluding hydrogens is 258 g/mol. The van der Waals surface area contributed by atoms with Gasteiger partial charge in [0.1, 0.15) is 5.75 Å². The minimum Gasteiger partial charge on any atom is -0.507 e. The Bertz CT molecular complexity index is 620. The summed E-state index contributed by atoms with van der Waals surface area (Å²) in [4.78, 5) is 22.2. The number of hydrogen-bond donors (Lipinski definition) is 3. The van der Waals surface area contributed by atoms with Crippen LogP contribution in [0.3, 0.4) is 0 Å².